The van der Waals surface area contributed by atoms with E-state index in [-0.39, 0.29) is 0 Å². The molecule has 3 nitrogen and oxygen atoms in total. The van der Waals surface area contributed by atoms with E-state index in [2.05, 4.69) is 4.98 Å². The van der Waals surface area contributed by atoms with Crippen LogP contribution in [0.4, 0.5) is 0 Å². The zero-order valence-corrected chi connectivity index (χ0v) is 9.57. The third-order valence-corrected chi connectivity index (χ3v) is 2.72. The van der Waals surface area contributed by atoms with Crippen molar-refractivity contribution in [3.8, 4) is 6.07 Å². The van der Waals surface area contributed by atoms with Gasteiger partial charge in [-0.3, -0.25) is 0 Å². The van der Waals surface area contributed by atoms with Crippen molar-refractivity contribution in [1.82, 2.24) is 9.55 Å². The molecule has 0 aliphatic heterocycles. The van der Waals surface area contributed by atoms with Crippen LogP contribution in [0.15, 0.2) is 30.6 Å². The van der Waals surface area contributed by atoms with Crippen LogP contribution < -0.4 is 0 Å². The van der Waals surface area contributed by atoms with Crippen molar-refractivity contribution in [2.24, 2.45) is 0 Å². The fourth-order valence-electron chi connectivity index (χ4n) is 1.51. The number of aromatic nitrogens is 2. The molecule has 0 aliphatic carbocycles. The zero-order chi connectivity index (χ0) is 11.5. The number of hydrogen-bond acceptors (Lipinski definition) is 2. The van der Waals surface area contributed by atoms with Crippen LogP contribution in [0, 0.1) is 18.3 Å². The second-order valence-corrected chi connectivity index (χ2v) is 3.99. The molecule has 0 spiro atoms. The fraction of sp³-hybridized carbons (Fsp3) is 0.167. The molecular formula is C12H10ClN3. The van der Waals surface area contributed by atoms with E-state index in [4.69, 9.17) is 16.9 Å². The lowest BCUT2D eigenvalue weighted by Gasteiger charge is -2.06. The van der Waals surface area contributed by atoms with Gasteiger partial charge in [0.25, 0.3) is 0 Å². The molecule has 4 heteroatoms. The van der Waals surface area contributed by atoms with Gasteiger partial charge in [0.1, 0.15) is 6.07 Å². The molecule has 2 aromatic rings. The Balaban J connectivity index is 2.31. The molecule has 0 bridgehead atoms. The lowest BCUT2D eigenvalue weighted by molar-refractivity contribution is 0.782. The standard InChI is InChI=1S/C12H10ClN3/c1-9-2-3-10(11(13)6-9)8-16-5-4-15-12(16)7-14/h2-6H,8H2,1H3. The van der Waals surface area contributed by atoms with E-state index in [0.29, 0.717) is 12.4 Å². The second kappa shape index (κ2) is 4.38. The van der Waals surface area contributed by atoms with Crippen molar-refractivity contribution in [1.29, 1.82) is 5.26 Å². The third-order valence-electron chi connectivity index (χ3n) is 2.36. The summed E-state index contributed by atoms with van der Waals surface area (Å²) in [6, 6.07) is 7.93. The number of aryl methyl sites for hydroxylation is 1. The van der Waals surface area contributed by atoms with Crippen molar-refractivity contribution in [3.63, 3.8) is 0 Å². The van der Waals surface area contributed by atoms with Crippen LogP contribution in [0.2, 0.25) is 5.02 Å². The lowest BCUT2D eigenvalue weighted by Crippen LogP contribution is -2.02. The summed E-state index contributed by atoms with van der Waals surface area (Å²) in [5.74, 6) is 0.400. The summed E-state index contributed by atoms with van der Waals surface area (Å²) >= 11 is 6.13. The van der Waals surface area contributed by atoms with Gasteiger partial charge in [-0.1, -0.05) is 23.7 Å². The monoisotopic (exact) mass is 231 g/mol. The maximum atomic E-state index is 8.83. The van der Waals surface area contributed by atoms with Gasteiger partial charge in [0, 0.05) is 17.4 Å². The first-order valence-electron chi connectivity index (χ1n) is 4.87. The number of rotatable bonds is 2. The average molecular weight is 232 g/mol. The molecular weight excluding hydrogens is 222 g/mol. The fourth-order valence-corrected chi connectivity index (χ4v) is 1.81. The maximum absolute atomic E-state index is 8.83. The minimum Gasteiger partial charge on any atom is -0.318 e. The summed E-state index contributed by atoms with van der Waals surface area (Å²) in [6.07, 6.45) is 3.38. The van der Waals surface area contributed by atoms with Gasteiger partial charge in [-0.2, -0.15) is 5.26 Å². The van der Waals surface area contributed by atoms with Gasteiger partial charge in [-0.05, 0) is 24.1 Å². The highest BCUT2D eigenvalue weighted by atomic mass is 35.5. The van der Waals surface area contributed by atoms with E-state index in [1.54, 1.807) is 17.0 Å². The second-order valence-electron chi connectivity index (χ2n) is 3.59. The molecule has 0 N–H and O–H groups in total. The minimum atomic E-state index is 0.400. The first kappa shape index (κ1) is 10.7. The van der Waals surface area contributed by atoms with Crippen LogP contribution in [0.1, 0.15) is 17.0 Å². The Morgan fingerprint density at radius 2 is 2.31 bits per heavy atom. The van der Waals surface area contributed by atoms with Gasteiger partial charge in [0.2, 0.25) is 5.82 Å². The Kier molecular flexibility index (Phi) is 2.93. The minimum absolute atomic E-state index is 0.400. The quantitative estimate of drug-likeness (QED) is 0.798. The highest BCUT2D eigenvalue weighted by molar-refractivity contribution is 6.31. The molecule has 1 heterocycles. The first-order valence-corrected chi connectivity index (χ1v) is 5.25. The summed E-state index contributed by atoms with van der Waals surface area (Å²) in [6.45, 7) is 2.57. The zero-order valence-electron chi connectivity index (χ0n) is 8.81. The van der Waals surface area contributed by atoms with Crippen LogP contribution in [0.5, 0.6) is 0 Å². The SMILES string of the molecule is Cc1ccc(Cn2ccnc2C#N)c(Cl)c1. The highest BCUT2D eigenvalue weighted by Gasteiger charge is 2.05. The lowest BCUT2D eigenvalue weighted by atomic mass is 10.1. The number of benzene rings is 1. The third kappa shape index (κ3) is 2.07. The molecule has 0 unspecified atom stereocenters. The Bertz CT molecular complexity index is 552. The molecule has 1 aromatic carbocycles. The van der Waals surface area contributed by atoms with Crippen LogP contribution >= 0.6 is 11.6 Å². The number of nitriles is 1. The Morgan fingerprint density at radius 1 is 1.50 bits per heavy atom. The largest absolute Gasteiger partial charge is 0.318 e. The molecule has 16 heavy (non-hydrogen) atoms. The Morgan fingerprint density at radius 3 is 3.00 bits per heavy atom. The van der Waals surface area contributed by atoms with Gasteiger partial charge in [-0.25, -0.2) is 4.98 Å². The summed E-state index contributed by atoms with van der Waals surface area (Å²) in [7, 11) is 0. The van der Waals surface area contributed by atoms with Gasteiger partial charge in [-0.15, -0.1) is 0 Å². The maximum Gasteiger partial charge on any atom is 0.213 e. The topological polar surface area (TPSA) is 41.6 Å². The number of nitrogens with zero attached hydrogens (tertiary/aromatic N) is 3. The number of imidazole rings is 1. The molecule has 80 valence electrons. The predicted octanol–water partition coefficient (Wildman–Crippen LogP) is 2.76. The van der Waals surface area contributed by atoms with Gasteiger partial charge in [0.15, 0.2) is 0 Å². The Labute approximate surface area is 98.9 Å². The van der Waals surface area contributed by atoms with Crippen LogP contribution in [0.3, 0.4) is 0 Å². The van der Waals surface area contributed by atoms with E-state index in [1.165, 1.54) is 0 Å². The molecule has 0 atom stereocenters. The molecule has 0 aliphatic rings. The van der Waals surface area contributed by atoms with Crippen LogP contribution in [-0.2, 0) is 6.54 Å². The van der Waals surface area contributed by atoms with Gasteiger partial charge in [0.05, 0.1) is 6.54 Å². The van der Waals surface area contributed by atoms with E-state index >= 15 is 0 Å². The first-order chi connectivity index (χ1) is 7.70. The molecule has 2 rings (SSSR count). The van der Waals surface area contributed by atoms with E-state index in [1.807, 2.05) is 31.2 Å². The molecule has 0 fully saturated rings. The van der Waals surface area contributed by atoms with Crippen molar-refractivity contribution in [2.45, 2.75) is 13.5 Å². The summed E-state index contributed by atoms with van der Waals surface area (Å²) in [4.78, 5) is 3.94. The van der Waals surface area contributed by atoms with Crippen molar-refractivity contribution >= 4 is 11.6 Å². The van der Waals surface area contributed by atoms with Crippen molar-refractivity contribution in [2.75, 3.05) is 0 Å². The average Bonchev–Trinajstić information content (AvgIpc) is 2.69. The molecule has 0 radical (unpaired) electrons. The van der Waals surface area contributed by atoms with E-state index < -0.39 is 0 Å². The smallest absolute Gasteiger partial charge is 0.213 e. The van der Waals surface area contributed by atoms with Crippen LogP contribution in [0.25, 0.3) is 0 Å². The molecule has 0 saturated heterocycles. The number of halogens is 1. The Hall–Kier alpha value is -1.79. The molecule has 1 aromatic heterocycles. The van der Waals surface area contributed by atoms with Crippen molar-refractivity contribution < 1.29 is 0 Å². The van der Waals surface area contributed by atoms with Gasteiger partial charge >= 0.3 is 0 Å². The summed E-state index contributed by atoms with van der Waals surface area (Å²) in [5, 5.41) is 9.55. The summed E-state index contributed by atoms with van der Waals surface area (Å²) < 4.78 is 1.77. The molecule has 0 amide bonds. The van der Waals surface area contributed by atoms with E-state index in [0.717, 1.165) is 16.1 Å². The van der Waals surface area contributed by atoms with Crippen LogP contribution in [-0.4, -0.2) is 9.55 Å². The van der Waals surface area contributed by atoms with Gasteiger partial charge < -0.3 is 4.57 Å². The summed E-state index contributed by atoms with van der Waals surface area (Å²) in [5.41, 5.74) is 2.11. The predicted molar refractivity (Wildman–Crippen MR) is 62.2 cm³/mol. The molecule has 0 saturated carbocycles. The van der Waals surface area contributed by atoms with E-state index in [9.17, 15) is 0 Å². The number of hydrogen-bond donors (Lipinski definition) is 0. The highest BCUT2D eigenvalue weighted by Crippen LogP contribution is 2.18. The van der Waals surface area contributed by atoms with Crippen molar-refractivity contribution in [3.05, 3.63) is 52.6 Å². The normalized spacial score (nSPS) is 10.1.